The van der Waals surface area contributed by atoms with Gasteiger partial charge in [0.2, 0.25) is 5.91 Å². The number of nitrogens with one attached hydrogen (secondary N) is 1. The van der Waals surface area contributed by atoms with Gasteiger partial charge in [-0.25, -0.2) is 4.79 Å². The Morgan fingerprint density at radius 1 is 1.63 bits per heavy atom. The average Bonchev–Trinajstić information content (AvgIpc) is 2.75. The van der Waals surface area contributed by atoms with Crippen molar-refractivity contribution in [2.45, 2.75) is 25.3 Å². The molecule has 0 saturated heterocycles. The highest BCUT2D eigenvalue weighted by Gasteiger charge is 2.18. The van der Waals surface area contributed by atoms with Crippen molar-refractivity contribution in [3.05, 3.63) is 17.5 Å². The fourth-order valence-corrected chi connectivity index (χ4v) is 2.26. The number of amides is 1. The van der Waals surface area contributed by atoms with Crippen molar-refractivity contribution >= 4 is 23.6 Å². The molecule has 1 amide bonds. The third-order valence-corrected chi connectivity index (χ3v) is 3.17. The Morgan fingerprint density at radius 2 is 2.37 bits per heavy atom. The number of hydrogen-bond donors (Lipinski definition) is 2. The van der Waals surface area contributed by atoms with Crippen LogP contribution >= 0.6 is 11.8 Å². The molecule has 1 rings (SSSR count). The van der Waals surface area contributed by atoms with Gasteiger partial charge in [-0.2, -0.15) is 11.8 Å². The molecular weight excluding hydrogens is 272 g/mol. The minimum Gasteiger partial charge on any atom is -0.480 e. The van der Waals surface area contributed by atoms with E-state index in [1.165, 1.54) is 18.7 Å². The van der Waals surface area contributed by atoms with E-state index in [1.807, 2.05) is 0 Å². The summed E-state index contributed by atoms with van der Waals surface area (Å²) in [5, 5.41) is 15.1. The average molecular weight is 288 g/mol. The predicted octanol–water partition coefficient (Wildman–Crippen LogP) is 0.643. The Labute approximate surface area is 114 Å². The molecule has 1 aromatic rings. The van der Waals surface area contributed by atoms with Gasteiger partial charge >= 0.3 is 5.97 Å². The minimum atomic E-state index is -1.05. The monoisotopic (exact) mass is 288 g/mol. The molecule has 7 nitrogen and oxygen atoms in total. The number of aromatic nitrogens is 1. The normalized spacial score (nSPS) is 12.1. The van der Waals surface area contributed by atoms with Crippen molar-refractivity contribution in [2.75, 3.05) is 12.9 Å². The van der Waals surface area contributed by atoms with Crippen LogP contribution in [0.1, 0.15) is 18.4 Å². The summed E-state index contributed by atoms with van der Waals surface area (Å²) in [5.74, 6) is -0.0210. The quantitative estimate of drug-likeness (QED) is 0.723. The number of ether oxygens (including phenoxy) is 1. The molecule has 0 spiro atoms. The second-order valence-electron chi connectivity index (χ2n) is 3.82. The van der Waals surface area contributed by atoms with Crippen molar-refractivity contribution in [3.63, 3.8) is 0 Å². The van der Waals surface area contributed by atoms with Crippen molar-refractivity contribution in [3.8, 4) is 0 Å². The third-order valence-electron chi connectivity index (χ3n) is 2.10. The van der Waals surface area contributed by atoms with Gasteiger partial charge in [0.05, 0.1) is 5.69 Å². The molecule has 1 aromatic heterocycles. The maximum Gasteiger partial charge on any atom is 0.327 e. The summed E-state index contributed by atoms with van der Waals surface area (Å²) in [6.07, 6.45) is 0. The van der Waals surface area contributed by atoms with Crippen LogP contribution in [0.5, 0.6) is 0 Å². The lowest BCUT2D eigenvalue weighted by Crippen LogP contribution is -2.41. The van der Waals surface area contributed by atoms with Crippen LogP contribution < -0.4 is 5.32 Å². The maximum atomic E-state index is 10.9. The summed E-state index contributed by atoms with van der Waals surface area (Å²) in [7, 11) is 1.56. The van der Waals surface area contributed by atoms with Crippen molar-refractivity contribution in [2.24, 2.45) is 0 Å². The Hall–Kier alpha value is -1.54. The first-order valence-electron chi connectivity index (χ1n) is 5.54. The smallest absolute Gasteiger partial charge is 0.327 e. The number of hydrogen-bond acceptors (Lipinski definition) is 6. The number of thioether (sulfide) groups is 1. The maximum absolute atomic E-state index is 10.9. The zero-order chi connectivity index (χ0) is 14.3. The molecule has 8 heteroatoms. The van der Waals surface area contributed by atoms with Crippen LogP contribution in [0.15, 0.2) is 10.6 Å². The molecule has 0 aliphatic heterocycles. The molecule has 0 fully saturated rings. The SMILES string of the molecule is COCc1cc(CSC[C@H](NC(C)=O)C(=O)O)no1. The lowest BCUT2D eigenvalue weighted by Gasteiger charge is -2.11. The molecule has 0 bridgehead atoms. The summed E-state index contributed by atoms with van der Waals surface area (Å²) in [6, 6.07) is 0.859. The van der Waals surface area contributed by atoms with E-state index in [2.05, 4.69) is 10.5 Å². The lowest BCUT2D eigenvalue weighted by atomic mass is 10.3. The van der Waals surface area contributed by atoms with Gasteiger partial charge in [-0.05, 0) is 0 Å². The molecule has 0 aliphatic carbocycles. The van der Waals surface area contributed by atoms with E-state index in [4.69, 9.17) is 14.4 Å². The Balaban J connectivity index is 2.38. The zero-order valence-electron chi connectivity index (χ0n) is 10.7. The molecule has 0 saturated carbocycles. The highest BCUT2D eigenvalue weighted by molar-refractivity contribution is 7.98. The number of rotatable bonds is 8. The van der Waals surface area contributed by atoms with Gasteiger partial charge in [0.25, 0.3) is 0 Å². The van der Waals surface area contributed by atoms with E-state index in [-0.39, 0.29) is 11.7 Å². The van der Waals surface area contributed by atoms with Gasteiger partial charge in [0, 0.05) is 31.6 Å². The van der Waals surface area contributed by atoms with Gasteiger partial charge in [-0.1, -0.05) is 5.16 Å². The van der Waals surface area contributed by atoms with E-state index < -0.39 is 12.0 Å². The van der Waals surface area contributed by atoms with Crippen molar-refractivity contribution < 1.29 is 24.0 Å². The first-order valence-corrected chi connectivity index (χ1v) is 6.69. The summed E-state index contributed by atoms with van der Waals surface area (Å²) >= 11 is 1.36. The molecule has 0 unspecified atom stereocenters. The highest BCUT2D eigenvalue weighted by atomic mass is 32.2. The number of aliphatic carboxylic acids is 1. The number of carbonyl (C=O) groups excluding carboxylic acids is 1. The molecule has 0 aliphatic rings. The van der Waals surface area contributed by atoms with E-state index in [9.17, 15) is 9.59 Å². The number of methoxy groups -OCH3 is 1. The molecule has 106 valence electrons. The zero-order valence-corrected chi connectivity index (χ0v) is 11.5. The van der Waals surface area contributed by atoms with Crippen LogP contribution in [0.25, 0.3) is 0 Å². The first-order chi connectivity index (χ1) is 9.02. The largest absolute Gasteiger partial charge is 0.480 e. The number of carbonyl (C=O) groups is 2. The topological polar surface area (TPSA) is 102 Å². The van der Waals surface area contributed by atoms with Crippen molar-refractivity contribution in [1.82, 2.24) is 10.5 Å². The van der Waals surface area contributed by atoms with Gasteiger partial charge in [0.1, 0.15) is 12.6 Å². The highest BCUT2D eigenvalue weighted by Crippen LogP contribution is 2.14. The first kappa shape index (κ1) is 15.5. The molecule has 1 heterocycles. The molecule has 0 aromatic carbocycles. The summed E-state index contributed by atoms with van der Waals surface area (Å²) in [6.45, 7) is 1.64. The minimum absolute atomic E-state index is 0.265. The number of nitrogens with zero attached hydrogens (tertiary/aromatic N) is 1. The van der Waals surface area contributed by atoms with Crippen LogP contribution in [0.3, 0.4) is 0 Å². The van der Waals surface area contributed by atoms with Crippen molar-refractivity contribution in [1.29, 1.82) is 0 Å². The molecule has 0 radical (unpaired) electrons. The predicted molar refractivity (Wildman–Crippen MR) is 68.6 cm³/mol. The lowest BCUT2D eigenvalue weighted by molar-refractivity contribution is -0.140. The number of carboxylic acids is 1. The van der Waals surface area contributed by atoms with Crippen LogP contribution in [0.4, 0.5) is 0 Å². The van der Waals surface area contributed by atoms with E-state index >= 15 is 0 Å². The van der Waals surface area contributed by atoms with E-state index in [0.717, 1.165) is 0 Å². The second-order valence-corrected chi connectivity index (χ2v) is 4.85. The van der Waals surface area contributed by atoms with Gasteiger partial charge in [0.15, 0.2) is 5.76 Å². The van der Waals surface area contributed by atoms with Crippen LogP contribution in [-0.2, 0) is 26.7 Å². The van der Waals surface area contributed by atoms with Gasteiger partial charge in [-0.3, -0.25) is 4.79 Å². The molecular formula is C11H16N2O5S. The summed E-state index contributed by atoms with van der Waals surface area (Å²) in [4.78, 5) is 21.7. The van der Waals surface area contributed by atoms with Gasteiger partial charge in [-0.15, -0.1) is 0 Å². The van der Waals surface area contributed by atoms with Gasteiger partial charge < -0.3 is 19.7 Å². The summed E-state index contributed by atoms with van der Waals surface area (Å²) < 4.78 is 9.89. The molecule has 1 atom stereocenters. The fraction of sp³-hybridized carbons (Fsp3) is 0.545. The van der Waals surface area contributed by atoms with Crippen LogP contribution in [0, 0.1) is 0 Å². The Kier molecular flexibility index (Phi) is 6.37. The fourth-order valence-electron chi connectivity index (χ4n) is 1.34. The Bertz CT molecular complexity index is 434. The third kappa shape index (κ3) is 5.75. The van der Waals surface area contributed by atoms with E-state index in [0.29, 0.717) is 23.8 Å². The van der Waals surface area contributed by atoms with Crippen LogP contribution in [-0.4, -0.2) is 41.0 Å². The number of carboxylic acid groups (broad SMARTS) is 1. The molecule has 19 heavy (non-hydrogen) atoms. The standard InChI is InChI=1S/C11H16N2O5S/c1-7(14)12-10(11(15)16)6-19-5-8-3-9(4-17-2)18-13-8/h3,10H,4-6H2,1-2H3,(H,12,14)(H,15,16)/t10-/m0/s1. The van der Waals surface area contributed by atoms with Crippen LogP contribution in [0.2, 0.25) is 0 Å². The molecule has 2 N–H and O–H groups in total. The van der Waals surface area contributed by atoms with E-state index in [1.54, 1.807) is 13.2 Å². The second kappa shape index (κ2) is 7.80. The Morgan fingerprint density at radius 3 is 2.95 bits per heavy atom. The summed E-state index contributed by atoms with van der Waals surface area (Å²) in [5.41, 5.74) is 0.712.